The van der Waals surface area contributed by atoms with Crippen LogP contribution in [0.15, 0.2) is 0 Å². The number of anilines is 1. The molecule has 1 aromatic heterocycles. The van der Waals surface area contributed by atoms with Crippen molar-refractivity contribution in [3.63, 3.8) is 0 Å². The highest BCUT2D eigenvalue weighted by atomic mass is 32.1. The van der Waals surface area contributed by atoms with Crippen LogP contribution in [0.25, 0.3) is 0 Å². The van der Waals surface area contributed by atoms with Gasteiger partial charge in [0.25, 0.3) is 0 Å². The number of aromatic nitrogens is 1. The first-order valence-corrected chi connectivity index (χ1v) is 10.8. The molecule has 1 fully saturated rings. The fourth-order valence-electron chi connectivity index (χ4n) is 5.29. The maximum Gasteiger partial charge on any atom is 0.223 e. The summed E-state index contributed by atoms with van der Waals surface area (Å²) in [7, 11) is 3.52. The molecule has 0 bridgehead atoms. The zero-order valence-electron chi connectivity index (χ0n) is 17.0. The molecule has 6 atom stereocenters. The highest BCUT2D eigenvalue weighted by molar-refractivity contribution is 7.15. The molecule has 6 unspecified atom stereocenters. The van der Waals surface area contributed by atoms with Crippen molar-refractivity contribution in [2.45, 2.75) is 52.1 Å². The summed E-state index contributed by atoms with van der Waals surface area (Å²) in [5, 5.41) is 18.4. The smallest absolute Gasteiger partial charge is 0.223 e. The number of hydrogen-bond acceptors (Lipinski definition) is 6. The largest absolute Gasteiger partial charge is 0.392 e. The van der Waals surface area contributed by atoms with Gasteiger partial charge < -0.3 is 20.5 Å². The Balaban J connectivity index is 1.79. The molecule has 6 nitrogen and oxygen atoms in total. The number of methoxy groups -OCH3 is 1. The van der Waals surface area contributed by atoms with Gasteiger partial charge in [-0.15, -0.1) is 11.3 Å². The highest BCUT2D eigenvalue weighted by Crippen LogP contribution is 2.57. The van der Waals surface area contributed by atoms with E-state index in [-0.39, 0.29) is 35.0 Å². The minimum absolute atomic E-state index is 0.00924. The van der Waals surface area contributed by atoms with E-state index in [1.807, 2.05) is 14.0 Å². The van der Waals surface area contributed by atoms with Crippen molar-refractivity contribution in [2.24, 2.45) is 23.2 Å². The molecule has 2 aliphatic rings. The van der Waals surface area contributed by atoms with Crippen LogP contribution in [-0.4, -0.2) is 49.4 Å². The van der Waals surface area contributed by atoms with Crippen molar-refractivity contribution >= 4 is 22.4 Å². The van der Waals surface area contributed by atoms with E-state index in [1.54, 1.807) is 18.4 Å². The maximum atomic E-state index is 12.5. The van der Waals surface area contributed by atoms with E-state index in [9.17, 15) is 9.90 Å². The molecule has 2 aliphatic carbocycles. The molecule has 0 spiro atoms. The molecule has 0 saturated heterocycles. The fourth-order valence-corrected chi connectivity index (χ4v) is 6.50. The summed E-state index contributed by atoms with van der Waals surface area (Å²) >= 11 is 1.74. The van der Waals surface area contributed by atoms with E-state index in [4.69, 9.17) is 9.72 Å². The number of amides is 1. The lowest BCUT2D eigenvalue weighted by molar-refractivity contribution is -0.135. The number of aliphatic hydroxyl groups is 1. The van der Waals surface area contributed by atoms with E-state index < -0.39 is 6.10 Å². The third-order valence-corrected chi connectivity index (χ3v) is 7.89. The van der Waals surface area contributed by atoms with Gasteiger partial charge in [-0.2, -0.15) is 0 Å². The Morgan fingerprint density at radius 3 is 2.93 bits per heavy atom. The lowest BCUT2D eigenvalue weighted by atomic mass is 9.53. The molecule has 1 amide bonds. The quantitative estimate of drug-likeness (QED) is 0.645. The van der Waals surface area contributed by atoms with E-state index in [1.165, 1.54) is 4.88 Å². The van der Waals surface area contributed by atoms with E-state index >= 15 is 0 Å². The van der Waals surface area contributed by atoms with Gasteiger partial charge in [0.2, 0.25) is 5.91 Å². The average molecular weight is 396 g/mol. The summed E-state index contributed by atoms with van der Waals surface area (Å²) < 4.78 is 5.01. The van der Waals surface area contributed by atoms with Crippen molar-refractivity contribution < 1.29 is 14.6 Å². The number of thiazole rings is 1. The molecule has 27 heavy (non-hydrogen) atoms. The highest BCUT2D eigenvalue weighted by Gasteiger charge is 2.53. The van der Waals surface area contributed by atoms with E-state index in [2.05, 4.69) is 24.5 Å². The van der Waals surface area contributed by atoms with Crippen molar-refractivity contribution in [1.29, 1.82) is 0 Å². The first-order chi connectivity index (χ1) is 12.8. The summed E-state index contributed by atoms with van der Waals surface area (Å²) in [6, 6.07) is 0. The van der Waals surface area contributed by atoms with E-state index in [0.29, 0.717) is 13.2 Å². The number of ether oxygens (including phenoxy) is 1. The van der Waals surface area contributed by atoms with Crippen molar-refractivity contribution in [3.05, 3.63) is 10.6 Å². The van der Waals surface area contributed by atoms with Gasteiger partial charge in [0.1, 0.15) is 0 Å². The Kier molecular flexibility index (Phi) is 6.13. The second kappa shape index (κ2) is 8.05. The van der Waals surface area contributed by atoms with Crippen LogP contribution in [0.1, 0.15) is 50.1 Å². The Morgan fingerprint density at radius 1 is 1.52 bits per heavy atom. The second-order valence-electron chi connectivity index (χ2n) is 8.49. The molecule has 3 N–H and O–H groups in total. The molecule has 3 rings (SSSR count). The van der Waals surface area contributed by atoms with Crippen LogP contribution in [0.2, 0.25) is 0 Å². The van der Waals surface area contributed by atoms with Gasteiger partial charge in [0.15, 0.2) is 5.13 Å². The van der Waals surface area contributed by atoms with Crippen molar-refractivity contribution in [3.8, 4) is 0 Å². The van der Waals surface area contributed by atoms with Crippen LogP contribution in [-0.2, 0) is 16.0 Å². The van der Waals surface area contributed by atoms with Crippen molar-refractivity contribution in [2.75, 3.05) is 32.6 Å². The molecule has 0 aliphatic heterocycles. The van der Waals surface area contributed by atoms with Gasteiger partial charge in [-0.3, -0.25) is 4.79 Å². The molecule has 1 aromatic rings. The Labute approximate surface area is 166 Å². The normalized spacial score (nSPS) is 33.7. The summed E-state index contributed by atoms with van der Waals surface area (Å²) in [5.74, 6) is 0.105. The Bertz CT molecular complexity index is 679. The van der Waals surface area contributed by atoms with Crippen molar-refractivity contribution in [1.82, 2.24) is 10.3 Å². The van der Waals surface area contributed by atoms with Gasteiger partial charge in [0, 0.05) is 37.4 Å². The predicted molar refractivity (Wildman–Crippen MR) is 108 cm³/mol. The number of nitrogens with one attached hydrogen (secondary N) is 2. The molecule has 1 saturated carbocycles. The lowest BCUT2D eigenvalue weighted by Gasteiger charge is -2.53. The fraction of sp³-hybridized carbons (Fsp3) is 0.800. The maximum absolute atomic E-state index is 12.5. The van der Waals surface area contributed by atoms with Crippen LogP contribution in [0.5, 0.6) is 0 Å². The average Bonchev–Trinajstić information content (AvgIpc) is 3.04. The first kappa shape index (κ1) is 20.6. The van der Waals surface area contributed by atoms with Crippen LogP contribution in [0.3, 0.4) is 0 Å². The predicted octanol–water partition coefficient (Wildman–Crippen LogP) is 2.64. The van der Waals surface area contributed by atoms with Crippen LogP contribution >= 0.6 is 11.3 Å². The van der Waals surface area contributed by atoms with Gasteiger partial charge in [-0.1, -0.05) is 20.8 Å². The van der Waals surface area contributed by atoms with Gasteiger partial charge in [-0.25, -0.2) is 4.98 Å². The molecule has 152 valence electrons. The summed E-state index contributed by atoms with van der Waals surface area (Å²) in [4.78, 5) is 18.6. The second-order valence-corrected chi connectivity index (χ2v) is 9.57. The number of hydrogen-bond donors (Lipinski definition) is 3. The summed E-state index contributed by atoms with van der Waals surface area (Å²) in [6.45, 7) is 7.45. The van der Waals surface area contributed by atoms with Crippen LogP contribution in [0, 0.1) is 23.2 Å². The number of aliphatic hydroxyl groups excluding tert-OH is 1. The monoisotopic (exact) mass is 395 g/mol. The van der Waals surface area contributed by atoms with E-state index in [0.717, 1.165) is 30.1 Å². The molecule has 0 aromatic carbocycles. The standard InChI is InChI=1S/C20H33N3O3S/c1-11(18(25)22-8-9-26-5)13-6-7-20(3)10-14-16(23-19(21-4)27-14)12(2)15(20)17(13)24/h11-13,15,17,24H,6-10H2,1-5H3,(H,21,23)(H,22,25). The van der Waals surface area contributed by atoms with Gasteiger partial charge in [0.05, 0.1) is 18.4 Å². The third-order valence-electron chi connectivity index (χ3n) is 6.80. The molecule has 7 heteroatoms. The topological polar surface area (TPSA) is 83.5 Å². The first-order valence-electron chi connectivity index (χ1n) is 9.94. The summed E-state index contributed by atoms with van der Waals surface area (Å²) in [5.41, 5.74) is 1.19. The number of fused-ring (bicyclic) bond motifs is 2. The number of rotatable bonds is 6. The van der Waals surface area contributed by atoms with Gasteiger partial charge in [-0.05, 0) is 36.5 Å². The van der Waals surface area contributed by atoms with Crippen LogP contribution in [0.4, 0.5) is 5.13 Å². The zero-order valence-corrected chi connectivity index (χ0v) is 17.9. The zero-order chi connectivity index (χ0) is 19.8. The minimum Gasteiger partial charge on any atom is -0.392 e. The number of carbonyl (C=O) groups excluding carboxylic acids is 1. The molecular weight excluding hydrogens is 362 g/mol. The lowest BCUT2D eigenvalue weighted by Crippen LogP contribution is -2.53. The SMILES string of the molecule is CNc1nc2c(s1)CC1(C)CCC(C(C)C(=O)NCCOC)C(O)C1C2C. The Morgan fingerprint density at radius 2 is 2.26 bits per heavy atom. The minimum atomic E-state index is -0.491. The third kappa shape index (κ3) is 3.74. The number of carbonyl (C=O) groups is 1. The molecule has 1 heterocycles. The molecule has 0 radical (unpaired) electrons. The Hall–Kier alpha value is -1.18. The van der Waals surface area contributed by atoms with Crippen LogP contribution < -0.4 is 10.6 Å². The summed E-state index contributed by atoms with van der Waals surface area (Å²) in [6.07, 6.45) is 2.39. The number of nitrogens with zero attached hydrogens (tertiary/aromatic N) is 1. The van der Waals surface area contributed by atoms with Gasteiger partial charge >= 0.3 is 0 Å². The molecular formula is C20H33N3O3S.